The maximum Gasteiger partial charge on any atom is 0.573 e. The van der Waals surface area contributed by atoms with Crippen molar-refractivity contribution in [2.24, 2.45) is 11.3 Å². The molecule has 1 amide bonds. The molecule has 3 heterocycles. The number of hydrogen-bond donors (Lipinski definition) is 1. The van der Waals surface area contributed by atoms with Gasteiger partial charge in [-0.15, -0.1) is 13.2 Å². The Balaban J connectivity index is 1.31. The van der Waals surface area contributed by atoms with E-state index in [1.54, 1.807) is 19.1 Å². The summed E-state index contributed by atoms with van der Waals surface area (Å²) < 4.78 is 47.8. The Labute approximate surface area is 203 Å². The molecule has 3 saturated heterocycles. The van der Waals surface area contributed by atoms with Crippen molar-refractivity contribution in [3.05, 3.63) is 53.1 Å². The third-order valence-corrected chi connectivity index (χ3v) is 7.73. The van der Waals surface area contributed by atoms with Crippen molar-refractivity contribution in [1.82, 2.24) is 10.2 Å². The lowest BCUT2D eigenvalue weighted by molar-refractivity contribution is -0.274. The van der Waals surface area contributed by atoms with E-state index in [2.05, 4.69) is 34.9 Å². The van der Waals surface area contributed by atoms with Crippen LogP contribution < -0.4 is 10.1 Å². The number of rotatable bonds is 4. The standard InChI is InChI=1S/C27H31F3N2O3/c1-16-12-18(5-7-22(16)35-27(28,29)30)19-4-6-21-20(13-19)14-26(2,3)24(21)31-25(33)34-23-15-32-10-8-17(23)9-11-32/h4-7,12-13,17,23-24H,8-11,14-15H2,1-3H3,(H,31,33)/t23-,24?/m0/s1. The molecule has 1 aliphatic carbocycles. The van der Waals surface area contributed by atoms with E-state index in [0.29, 0.717) is 11.5 Å². The van der Waals surface area contributed by atoms with Gasteiger partial charge in [-0.1, -0.05) is 38.1 Å². The molecule has 1 unspecified atom stereocenters. The van der Waals surface area contributed by atoms with Crippen LogP contribution in [0.1, 0.15) is 49.4 Å². The molecule has 0 radical (unpaired) electrons. The average molecular weight is 489 g/mol. The lowest BCUT2D eigenvalue weighted by atomic mass is 9.85. The number of ether oxygens (including phenoxy) is 2. The molecule has 3 fully saturated rings. The number of hydrogen-bond acceptors (Lipinski definition) is 4. The minimum atomic E-state index is -4.72. The van der Waals surface area contributed by atoms with Crippen molar-refractivity contribution < 1.29 is 27.4 Å². The highest BCUT2D eigenvalue weighted by molar-refractivity contribution is 5.71. The van der Waals surface area contributed by atoms with E-state index in [0.717, 1.165) is 61.2 Å². The molecule has 6 rings (SSSR count). The summed E-state index contributed by atoms with van der Waals surface area (Å²) >= 11 is 0. The first kappa shape index (κ1) is 24.0. The fourth-order valence-electron chi connectivity index (χ4n) is 5.91. The van der Waals surface area contributed by atoms with Crippen molar-refractivity contribution in [3.8, 4) is 16.9 Å². The predicted octanol–water partition coefficient (Wildman–Crippen LogP) is 6.00. The van der Waals surface area contributed by atoms with Gasteiger partial charge in [-0.2, -0.15) is 0 Å². The number of nitrogens with zero attached hydrogens (tertiary/aromatic N) is 1. The molecule has 2 bridgehead atoms. The largest absolute Gasteiger partial charge is 0.573 e. The lowest BCUT2D eigenvalue weighted by Crippen LogP contribution is -2.53. The maximum absolute atomic E-state index is 12.9. The monoisotopic (exact) mass is 488 g/mol. The van der Waals surface area contributed by atoms with E-state index in [-0.39, 0.29) is 29.4 Å². The van der Waals surface area contributed by atoms with E-state index in [4.69, 9.17) is 4.74 Å². The molecule has 0 aromatic heterocycles. The van der Waals surface area contributed by atoms with E-state index in [9.17, 15) is 18.0 Å². The Bertz CT molecular complexity index is 1120. The van der Waals surface area contributed by atoms with Crippen LogP contribution in [-0.4, -0.2) is 43.1 Å². The van der Waals surface area contributed by atoms with Gasteiger partial charge in [0.25, 0.3) is 0 Å². The van der Waals surface area contributed by atoms with Crippen LogP contribution in [0.15, 0.2) is 36.4 Å². The molecule has 4 aliphatic rings. The van der Waals surface area contributed by atoms with Gasteiger partial charge in [0.15, 0.2) is 0 Å². The van der Waals surface area contributed by atoms with Gasteiger partial charge in [-0.3, -0.25) is 4.90 Å². The fourth-order valence-corrected chi connectivity index (χ4v) is 5.91. The maximum atomic E-state index is 12.9. The van der Waals surface area contributed by atoms with Gasteiger partial charge in [0.2, 0.25) is 0 Å². The number of carbonyl (C=O) groups excluding carboxylic acids is 1. The topological polar surface area (TPSA) is 50.8 Å². The van der Waals surface area contributed by atoms with Crippen LogP contribution in [0.5, 0.6) is 5.75 Å². The van der Waals surface area contributed by atoms with E-state index in [1.807, 2.05) is 12.1 Å². The highest BCUT2D eigenvalue weighted by atomic mass is 19.4. The van der Waals surface area contributed by atoms with Gasteiger partial charge in [-0.05, 0) is 90.6 Å². The highest BCUT2D eigenvalue weighted by Crippen LogP contribution is 2.46. The number of piperidine rings is 3. The second-order valence-corrected chi connectivity index (χ2v) is 10.8. The highest BCUT2D eigenvalue weighted by Gasteiger charge is 2.42. The van der Waals surface area contributed by atoms with Crippen molar-refractivity contribution in [3.63, 3.8) is 0 Å². The average Bonchev–Trinajstić information content (AvgIpc) is 3.03. The first-order chi connectivity index (χ1) is 16.5. The molecular formula is C27H31F3N2O3. The molecule has 0 spiro atoms. The second kappa shape index (κ2) is 8.73. The van der Waals surface area contributed by atoms with Crippen LogP contribution in [0.25, 0.3) is 11.1 Å². The number of halogens is 3. The molecule has 2 atom stereocenters. The Morgan fingerprint density at radius 2 is 1.77 bits per heavy atom. The Morgan fingerprint density at radius 3 is 2.40 bits per heavy atom. The molecule has 2 aromatic rings. The summed E-state index contributed by atoms with van der Waals surface area (Å²) in [4.78, 5) is 15.2. The Kier molecular flexibility index (Phi) is 5.98. The fraction of sp³-hybridized carbons (Fsp3) is 0.519. The molecule has 2 aromatic carbocycles. The van der Waals surface area contributed by atoms with Crippen LogP contribution in [0, 0.1) is 18.3 Å². The summed E-state index contributed by atoms with van der Waals surface area (Å²) in [5.41, 5.74) is 4.12. The summed E-state index contributed by atoms with van der Waals surface area (Å²) in [5.74, 6) is 0.253. The SMILES string of the molecule is Cc1cc(-c2ccc3c(c2)CC(C)(C)C3NC(=O)O[C@H]2CN3CCC2CC3)ccc1OC(F)(F)F. The molecule has 188 valence electrons. The third-order valence-electron chi connectivity index (χ3n) is 7.73. The lowest BCUT2D eigenvalue weighted by Gasteiger charge is -2.44. The zero-order valence-electron chi connectivity index (χ0n) is 20.2. The molecular weight excluding hydrogens is 457 g/mol. The summed E-state index contributed by atoms with van der Waals surface area (Å²) in [7, 11) is 0. The number of alkyl carbamates (subject to hydrolysis) is 1. The van der Waals surface area contributed by atoms with Gasteiger partial charge < -0.3 is 14.8 Å². The van der Waals surface area contributed by atoms with Crippen LogP contribution in [0.3, 0.4) is 0 Å². The summed E-state index contributed by atoms with van der Waals surface area (Å²) in [5, 5.41) is 3.13. The van der Waals surface area contributed by atoms with Crippen molar-refractivity contribution >= 4 is 6.09 Å². The van der Waals surface area contributed by atoms with Gasteiger partial charge in [0, 0.05) is 6.54 Å². The van der Waals surface area contributed by atoms with Gasteiger partial charge in [0.05, 0.1) is 6.04 Å². The van der Waals surface area contributed by atoms with E-state index < -0.39 is 6.36 Å². The van der Waals surface area contributed by atoms with E-state index in [1.165, 1.54) is 6.07 Å². The molecule has 5 nitrogen and oxygen atoms in total. The molecule has 3 aliphatic heterocycles. The number of carbonyl (C=O) groups is 1. The number of nitrogens with one attached hydrogen (secondary N) is 1. The van der Waals surface area contributed by atoms with Crippen LogP contribution in [0.4, 0.5) is 18.0 Å². The minimum absolute atomic E-state index is 0.0450. The smallest absolute Gasteiger partial charge is 0.445 e. The first-order valence-corrected chi connectivity index (χ1v) is 12.2. The van der Waals surface area contributed by atoms with Crippen LogP contribution in [-0.2, 0) is 11.2 Å². The van der Waals surface area contributed by atoms with E-state index >= 15 is 0 Å². The summed E-state index contributed by atoms with van der Waals surface area (Å²) in [6.07, 6.45) is -2.19. The summed E-state index contributed by atoms with van der Waals surface area (Å²) in [6.45, 7) is 8.85. The zero-order valence-corrected chi connectivity index (χ0v) is 20.2. The Morgan fingerprint density at radius 1 is 1.09 bits per heavy atom. The summed E-state index contributed by atoms with van der Waals surface area (Å²) in [6, 6.07) is 10.5. The molecule has 8 heteroatoms. The van der Waals surface area contributed by atoms with Gasteiger partial charge >= 0.3 is 12.5 Å². The third kappa shape index (κ3) is 4.99. The zero-order chi connectivity index (χ0) is 25.0. The normalized spacial score (nSPS) is 26.8. The van der Waals surface area contributed by atoms with Crippen LogP contribution >= 0.6 is 0 Å². The first-order valence-electron chi connectivity index (χ1n) is 12.2. The van der Waals surface area contributed by atoms with Crippen molar-refractivity contribution in [2.75, 3.05) is 19.6 Å². The van der Waals surface area contributed by atoms with Crippen molar-refractivity contribution in [1.29, 1.82) is 0 Å². The second-order valence-electron chi connectivity index (χ2n) is 10.8. The number of amides is 1. The number of fused-ring (bicyclic) bond motifs is 4. The van der Waals surface area contributed by atoms with Crippen molar-refractivity contribution in [2.45, 2.75) is 58.5 Å². The molecule has 35 heavy (non-hydrogen) atoms. The molecule has 0 saturated carbocycles. The van der Waals surface area contributed by atoms with Gasteiger partial charge in [-0.25, -0.2) is 4.79 Å². The number of benzene rings is 2. The Hall–Kier alpha value is -2.74. The minimum Gasteiger partial charge on any atom is -0.445 e. The quantitative estimate of drug-likeness (QED) is 0.573. The predicted molar refractivity (Wildman–Crippen MR) is 126 cm³/mol. The number of alkyl halides is 3. The number of aryl methyl sites for hydroxylation is 1. The van der Waals surface area contributed by atoms with Crippen LogP contribution in [0.2, 0.25) is 0 Å². The molecule has 1 N–H and O–H groups in total. The van der Waals surface area contributed by atoms with Gasteiger partial charge in [0.1, 0.15) is 11.9 Å².